The minimum atomic E-state index is -0.484. The lowest BCUT2D eigenvalue weighted by atomic mass is 9.99. The van der Waals surface area contributed by atoms with E-state index >= 15 is 0 Å². The van der Waals surface area contributed by atoms with Crippen LogP contribution < -0.4 is 0 Å². The molecule has 3 aromatic rings. The monoisotopic (exact) mass is 496 g/mol. The molecule has 0 N–H and O–H groups in total. The summed E-state index contributed by atoms with van der Waals surface area (Å²) < 4.78 is 2.05. The number of aryl methyl sites for hydroxylation is 2. The summed E-state index contributed by atoms with van der Waals surface area (Å²) in [6, 6.07) is 7.16. The molecule has 1 aromatic carbocycles. The van der Waals surface area contributed by atoms with Gasteiger partial charge in [0.05, 0.1) is 12.1 Å². The van der Waals surface area contributed by atoms with E-state index in [0.717, 1.165) is 39.6 Å². The van der Waals surface area contributed by atoms with E-state index in [2.05, 4.69) is 28.6 Å². The number of aliphatic imine (C=N–C) groups is 1. The molecular formula is C24H25ClN6O2S. The first-order chi connectivity index (χ1) is 16.4. The Hall–Kier alpha value is -3.04. The number of fused-ring (bicyclic) bond motifs is 3. The summed E-state index contributed by atoms with van der Waals surface area (Å²) in [7, 11) is 0. The van der Waals surface area contributed by atoms with E-state index in [-0.39, 0.29) is 12.3 Å². The normalized spacial score (nSPS) is 17.6. The summed E-state index contributed by atoms with van der Waals surface area (Å²) in [6.45, 7) is 8.27. The smallest absolute Gasteiger partial charge is 0.225 e. The zero-order valence-electron chi connectivity index (χ0n) is 19.3. The third kappa shape index (κ3) is 3.92. The van der Waals surface area contributed by atoms with Crippen LogP contribution in [0.25, 0.3) is 5.00 Å². The van der Waals surface area contributed by atoms with Crippen LogP contribution in [0.4, 0.5) is 0 Å². The van der Waals surface area contributed by atoms with E-state index in [9.17, 15) is 9.59 Å². The highest BCUT2D eigenvalue weighted by Gasteiger charge is 2.33. The molecule has 1 saturated heterocycles. The molecule has 1 fully saturated rings. The van der Waals surface area contributed by atoms with E-state index in [1.807, 2.05) is 31.2 Å². The number of carbonyl (C=O) groups excluding carboxylic acids is 2. The van der Waals surface area contributed by atoms with Gasteiger partial charge in [-0.3, -0.25) is 19.1 Å². The number of piperazine rings is 1. The van der Waals surface area contributed by atoms with Gasteiger partial charge in [-0.2, -0.15) is 0 Å². The Balaban J connectivity index is 1.59. The largest absolute Gasteiger partial charge is 0.342 e. The maximum Gasteiger partial charge on any atom is 0.225 e. The minimum Gasteiger partial charge on any atom is -0.342 e. The number of rotatable bonds is 4. The second-order valence-corrected chi connectivity index (χ2v) is 10.3. The number of aromatic nitrogens is 3. The Morgan fingerprint density at radius 2 is 1.82 bits per heavy atom. The molecule has 0 bridgehead atoms. The molecule has 34 heavy (non-hydrogen) atoms. The maximum atomic E-state index is 13.3. The van der Waals surface area contributed by atoms with Gasteiger partial charge in [0.15, 0.2) is 5.82 Å². The van der Waals surface area contributed by atoms with Crippen molar-refractivity contribution >= 4 is 41.0 Å². The Kier molecular flexibility index (Phi) is 5.99. The number of thiophene rings is 1. The van der Waals surface area contributed by atoms with Crippen LogP contribution in [-0.4, -0.2) is 68.8 Å². The average Bonchev–Trinajstić information content (AvgIpc) is 3.31. The minimum absolute atomic E-state index is 0.000107. The van der Waals surface area contributed by atoms with Crippen LogP contribution in [0.3, 0.4) is 0 Å². The molecule has 1 unspecified atom stereocenters. The van der Waals surface area contributed by atoms with Crippen molar-refractivity contribution in [2.75, 3.05) is 26.2 Å². The molecule has 0 saturated carbocycles. The highest BCUT2D eigenvalue weighted by molar-refractivity contribution is 7.15. The zero-order valence-corrected chi connectivity index (χ0v) is 20.9. The van der Waals surface area contributed by atoms with Gasteiger partial charge in [-0.25, -0.2) is 0 Å². The van der Waals surface area contributed by atoms with Crippen molar-refractivity contribution in [3.05, 3.63) is 62.5 Å². The van der Waals surface area contributed by atoms with Crippen LogP contribution >= 0.6 is 22.9 Å². The zero-order chi connectivity index (χ0) is 24.0. The Morgan fingerprint density at radius 1 is 1.12 bits per heavy atom. The van der Waals surface area contributed by atoms with Crippen LogP contribution in [0.5, 0.6) is 0 Å². The first kappa shape index (κ1) is 22.7. The Bertz CT molecular complexity index is 1290. The summed E-state index contributed by atoms with van der Waals surface area (Å²) in [6.07, 6.45) is 1.02. The molecule has 0 aliphatic carbocycles. The SMILES string of the molecule is Cc1sc2c(c1C)C(c1ccc(Cl)cc1)=NC(CC(=O)N1CCN(C=O)CC1)c1nnc(C)n1-2. The number of halogens is 1. The van der Waals surface area contributed by atoms with Gasteiger partial charge in [-0.15, -0.1) is 21.5 Å². The molecule has 5 rings (SSSR count). The van der Waals surface area contributed by atoms with Crippen molar-refractivity contribution in [1.29, 1.82) is 0 Å². The average molecular weight is 497 g/mol. The van der Waals surface area contributed by atoms with E-state index in [4.69, 9.17) is 16.6 Å². The van der Waals surface area contributed by atoms with Gasteiger partial charge in [-0.05, 0) is 38.5 Å². The summed E-state index contributed by atoms with van der Waals surface area (Å²) in [4.78, 5) is 34.2. The number of hydrogen-bond donors (Lipinski definition) is 0. The summed E-state index contributed by atoms with van der Waals surface area (Å²) in [5, 5.41) is 10.5. The van der Waals surface area contributed by atoms with Crippen molar-refractivity contribution in [1.82, 2.24) is 24.6 Å². The molecule has 4 heterocycles. The second-order valence-electron chi connectivity index (χ2n) is 8.63. The van der Waals surface area contributed by atoms with Gasteiger partial charge in [-0.1, -0.05) is 23.7 Å². The van der Waals surface area contributed by atoms with Gasteiger partial charge >= 0.3 is 0 Å². The molecule has 176 valence electrons. The van der Waals surface area contributed by atoms with Gasteiger partial charge in [0.1, 0.15) is 16.9 Å². The fraction of sp³-hybridized carbons (Fsp3) is 0.375. The highest BCUT2D eigenvalue weighted by Crippen LogP contribution is 2.39. The lowest BCUT2D eigenvalue weighted by Crippen LogP contribution is -2.48. The summed E-state index contributed by atoms with van der Waals surface area (Å²) >= 11 is 7.85. The number of amides is 2. The number of benzene rings is 1. The fourth-order valence-corrected chi connectivity index (χ4v) is 5.84. The van der Waals surface area contributed by atoms with E-state index in [1.54, 1.807) is 21.1 Å². The molecular weight excluding hydrogens is 472 g/mol. The van der Waals surface area contributed by atoms with Crippen molar-refractivity contribution in [2.24, 2.45) is 4.99 Å². The molecule has 1 atom stereocenters. The van der Waals surface area contributed by atoms with Crippen LogP contribution in [0.15, 0.2) is 29.3 Å². The molecule has 2 aliphatic heterocycles. The third-order valence-electron chi connectivity index (χ3n) is 6.54. The van der Waals surface area contributed by atoms with Crippen molar-refractivity contribution in [3.8, 4) is 5.00 Å². The highest BCUT2D eigenvalue weighted by atomic mass is 35.5. The number of nitrogens with zero attached hydrogens (tertiary/aromatic N) is 6. The quantitative estimate of drug-likeness (QED) is 0.517. The lowest BCUT2D eigenvalue weighted by Gasteiger charge is -2.33. The molecule has 2 aliphatic rings. The van der Waals surface area contributed by atoms with Crippen LogP contribution in [0, 0.1) is 20.8 Å². The van der Waals surface area contributed by atoms with Gasteiger partial charge < -0.3 is 9.80 Å². The van der Waals surface area contributed by atoms with E-state index < -0.39 is 6.04 Å². The molecule has 0 spiro atoms. The van der Waals surface area contributed by atoms with Crippen LogP contribution in [0.1, 0.15) is 45.7 Å². The maximum absolute atomic E-state index is 13.3. The van der Waals surface area contributed by atoms with Crippen molar-refractivity contribution in [2.45, 2.75) is 33.2 Å². The number of hydrogen-bond acceptors (Lipinski definition) is 6. The lowest BCUT2D eigenvalue weighted by molar-refractivity contribution is -0.135. The van der Waals surface area contributed by atoms with Crippen molar-refractivity contribution in [3.63, 3.8) is 0 Å². The van der Waals surface area contributed by atoms with E-state index in [1.165, 1.54) is 4.88 Å². The fourth-order valence-electron chi connectivity index (χ4n) is 4.50. The van der Waals surface area contributed by atoms with E-state index in [0.29, 0.717) is 37.0 Å². The first-order valence-electron chi connectivity index (χ1n) is 11.2. The predicted molar refractivity (Wildman–Crippen MR) is 132 cm³/mol. The van der Waals surface area contributed by atoms with Gasteiger partial charge in [0.25, 0.3) is 0 Å². The van der Waals surface area contributed by atoms with Crippen molar-refractivity contribution < 1.29 is 9.59 Å². The Labute approximate surface area is 206 Å². The van der Waals surface area contributed by atoms with Crippen LogP contribution in [-0.2, 0) is 9.59 Å². The molecule has 0 radical (unpaired) electrons. The molecule has 8 nitrogen and oxygen atoms in total. The predicted octanol–water partition coefficient (Wildman–Crippen LogP) is 3.49. The molecule has 10 heteroatoms. The third-order valence-corrected chi connectivity index (χ3v) is 7.99. The second kappa shape index (κ2) is 8.96. The Morgan fingerprint density at radius 3 is 2.50 bits per heavy atom. The molecule has 2 aromatic heterocycles. The standard InChI is InChI=1S/C24H25ClN6O2S/c1-14-15(2)34-24-21(14)22(17-4-6-18(25)7-5-17)26-19(23-28-27-16(3)31(23)24)12-20(33)30-10-8-29(13-32)9-11-30/h4-7,13,19H,8-12H2,1-3H3. The molecule has 2 amide bonds. The summed E-state index contributed by atoms with van der Waals surface area (Å²) in [5.41, 5.74) is 3.98. The topological polar surface area (TPSA) is 83.7 Å². The first-order valence-corrected chi connectivity index (χ1v) is 12.4. The summed E-state index contributed by atoms with van der Waals surface area (Å²) in [5.74, 6) is 1.44. The van der Waals surface area contributed by atoms with Crippen LogP contribution in [0.2, 0.25) is 5.02 Å². The number of carbonyl (C=O) groups is 2. The van der Waals surface area contributed by atoms with Gasteiger partial charge in [0, 0.05) is 47.2 Å². The van der Waals surface area contributed by atoms with Gasteiger partial charge in [0.2, 0.25) is 12.3 Å².